The number of ether oxygens (including phenoxy) is 1. The van der Waals surface area contributed by atoms with Crippen LogP contribution in [0.25, 0.3) is 0 Å². The van der Waals surface area contributed by atoms with E-state index in [1.54, 1.807) is 24.3 Å². The zero-order chi connectivity index (χ0) is 15.2. The Hall–Kier alpha value is -1.57. The SMILES string of the molecule is CCC1CCC(C)N1CC(O)COc1cccc(C#N)c1. The lowest BCUT2D eigenvalue weighted by atomic mass is 10.1. The van der Waals surface area contributed by atoms with E-state index in [2.05, 4.69) is 24.8 Å². The van der Waals surface area contributed by atoms with E-state index < -0.39 is 6.10 Å². The van der Waals surface area contributed by atoms with Crippen molar-refractivity contribution < 1.29 is 9.84 Å². The molecule has 2 rings (SSSR count). The number of β-amino-alcohol motifs (C(OH)–C–C–N with tert-alkyl or cyclic N) is 1. The van der Waals surface area contributed by atoms with E-state index in [-0.39, 0.29) is 6.61 Å². The van der Waals surface area contributed by atoms with Crippen molar-refractivity contribution >= 4 is 0 Å². The van der Waals surface area contributed by atoms with Crippen LogP contribution in [0.4, 0.5) is 0 Å². The number of aliphatic hydroxyl groups is 1. The summed E-state index contributed by atoms with van der Waals surface area (Å²) >= 11 is 0. The summed E-state index contributed by atoms with van der Waals surface area (Å²) in [6, 6.07) is 10.2. The van der Waals surface area contributed by atoms with E-state index >= 15 is 0 Å². The maximum absolute atomic E-state index is 10.2. The number of nitriles is 1. The maximum Gasteiger partial charge on any atom is 0.120 e. The first-order valence-corrected chi connectivity index (χ1v) is 7.70. The smallest absolute Gasteiger partial charge is 0.120 e. The Bertz CT molecular complexity index is 498. The van der Waals surface area contributed by atoms with E-state index in [0.717, 1.165) is 6.42 Å². The van der Waals surface area contributed by atoms with Crippen LogP contribution < -0.4 is 4.74 Å². The number of hydrogen-bond acceptors (Lipinski definition) is 4. The number of rotatable bonds is 6. The largest absolute Gasteiger partial charge is 0.491 e. The van der Waals surface area contributed by atoms with Gasteiger partial charge in [0.05, 0.1) is 11.6 Å². The third kappa shape index (κ3) is 4.20. The third-order valence-corrected chi connectivity index (χ3v) is 4.25. The van der Waals surface area contributed by atoms with Gasteiger partial charge in [0.15, 0.2) is 0 Å². The minimum absolute atomic E-state index is 0.258. The molecule has 1 N–H and O–H groups in total. The molecule has 0 bridgehead atoms. The molecule has 4 nitrogen and oxygen atoms in total. The van der Waals surface area contributed by atoms with Gasteiger partial charge in [0.25, 0.3) is 0 Å². The first kappa shape index (κ1) is 15.8. The van der Waals surface area contributed by atoms with Gasteiger partial charge < -0.3 is 9.84 Å². The quantitative estimate of drug-likeness (QED) is 0.874. The lowest BCUT2D eigenvalue weighted by molar-refractivity contribution is 0.0514. The highest BCUT2D eigenvalue weighted by atomic mass is 16.5. The Kier molecular flexibility index (Phi) is 5.60. The average Bonchev–Trinajstić information content (AvgIpc) is 2.86. The van der Waals surface area contributed by atoms with Crippen molar-refractivity contribution in [1.82, 2.24) is 4.90 Å². The van der Waals surface area contributed by atoms with Crippen molar-refractivity contribution in [3.63, 3.8) is 0 Å². The molecular formula is C17H24N2O2. The molecule has 1 aliphatic heterocycles. The van der Waals surface area contributed by atoms with Crippen LogP contribution >= 0.6 is 0 Å². The minimum atomic E-state index is -0.509. The summed E-state index contributed by atoms with van der Waals surface area (Å²) in [5, 5.41) is 19.0. The molecule has 1 fully saturated rings. The van der Waals surface area contributed by atoms with Gasteiger partial charge in [0, 0.05) is 18.6 Å². The second kappa shape index (κ2) is 7.44. The van der Waals surface area contributed by atoms with Crippen molar-refractivity contribution in [2.75, 3.05) is 13.2 Å². The molecule has 3 atom stereocenters. The zero-order valence-electron chi connectivity index (χ0n) is 12.8. The van der Waals surface area contributed by atoms with Crippen LogP contribution in [-0.2, 0) is 0 Å². The van der Waals surface area contributed by atoms with Gasteiger partial charge in [-0.1, -0.05) is 13.0 Å². The van der Waals surface area contributed by atoms with Gasteiger partial charge >= 0.3 is 0 Å². The van der Waals surface area contributed by atoms with Crippen LogP contribution in [0.2, 0.25) is 0 Å². The summed E-state index contributed by atoms with van der Waals surface area (Å²) in [5.74, 6) is 0.634. The molecule has 1 aromatic rings. The molecule has 0 amide bonds. The van der Waals surface area contributed by atoms with E-state index in [1.165, 1.54) is 12.8 Å². The molecule has 4 heteroatoms. The van der Waals surface area contributed by atoms with Crippen molar-refractivity contribution in [3.05, 3.63) is 29.8 Å². The number of likely N-dealkylation sites (tertiary alicyclic amines) is 1. The summed E-state index contributed by atoms with van der Waals surface area (Å²) in [6.45, 7) is 5.33. The van der Waals surface area contributed by atoms with Gasteiger partial charge in [-0.2, -0.15) is 5.26 Å². The Morgan fingerprint density at radius 2 is 2.29 bits per heavy atom. The van der Waals surface area contributed by atoms with E-state index in [1.807, 2.05) is 0 Å². The van der Waals surface area contributed by atoms with Crippen LogP contribution in [0.5, 0.6) is 5.75 Å². The fraction of sp³-hybridized carbons (Fsp3) is 0.588. The van der Waals surface area contributed by atoms with Gasteiger partial charge in [0.1, 0.15) is 18.5 Å². The normalized spacial score (nSPS) is 23.7. The Labute approximate surface area is 127 Å². The lowest BCUT2D eigenvalue weighted by Crippen LogP contribution is -2.41. The monoisotopic (exact) mass is 288 g/mol. The van der Waals surface area contributed by atoms with Crippen LogP contribution in [0.15, 0.2) is 24.3 Å². The fourth-order valence-corrected chi connectivity index (χ4v) is 3.04. The Morgan fingerprint density at radius 3 is 3.00 bits per heavy atom. The molecule has 3 unspecified atom stereocenters. The predicted molar refractivity (Wildman–Crippen MR) is 82.1 cm³/mol. The molecule has 1 aromatic carbocycles. The van der Waals surface area contributed by atoms with E-state index in [0.29, 0.717) is 29.9 Å². The first-order chi connectivity index (χ1) is 10.1. The van der Waals surface area contributed by atoms with Crippen molar-refractivity contribution in [2.45, 2.75) is 51.3 Å². The van der Waals surface area contributed by atoms with Crippen LogP contribution in [0.1, 0.15) is 38.7 Å². The van der Waals surface area contributed by atoms with Gasteiger partial charge in [-0.25, -0.2) is 0 Å². The summed E-state index contributed by atoms with van der Waals surface area (Å²) < 4.78 is 5.60. The summed E-state index contributed by atoms with van der Waals surface area (Å²) in [5.41, 5.74) is 0.571. The molecule has 1 saturated heterocycles. The molecule has 1 aliphatic rings. The number of aliphatic hydroxyl groups excluding tert-OH is 1. The van der Waals surface area contributed by atoms with Gasteiger partial charge in [0.2, 0.25) is 0 Å². The average molecular weight is 288 g/mol. The predicted octanol–water partition coefficient (Wildman–Crippen LogP) is 2.56. The maximum atomic E-state index is 10.2. The summed E-state index contributed by atoms with van der Waals surface area (Å²) in [6.07, 6.45) is 3.04. The minimum Gasteiger partial charge on any atom is -0.491 e. The van der Waals surface area contributed by atoms with Crippen LogP contribution in [0.3, 0.4) is 0 Å². The van der Waals surface area contributed by atoms with Gasteiger partial charge in [-0.3, -0.25) is 4.90 Å². The molecule has 0 spiro atoms. The van der Waals surface area contributed by atoms with Crippen molar-refractivity contribution in [2.24, 2.45) is 0 Å². The molecule has 0 saturated carbocycles. The summed E-state index contributed by atoms with van der Waals surface area (Å²) in [4.78, 5) is 2.39. The fourth-order valence-electron chi connectivity index (χ4n) is 3.04. The zero-order valence-corrected chi connectivity index (χ0v) is 12.8. The van der Waals surface area contributed by atoms with Gasteiger partial charge in [-0.05, 0) is 44.4 Å². The molecule has 0 radical (unpaired) electrons. The standard InChI is InChI=1S/C17H24N2O2/c1-3-15-8-7-13(2)19(15)11-16(20)12-21-17-6-4-5-14(9-17)10-18/h4-6,9,13,15-16,20H,3,7-8,11-12H2,1-2H3. The molecule has 0 aliphatic carbocycles. The van der Waals surface area contributed by atoms with Crippen LogP contribution in [-0.4, -0.2) is 41.3 Å². The highest BCUT2D eigenvalue weighted by Gasteiger charge is 2.30. The number of nitrogens with zero attached hydrogens (tertiary/aromatic N) is 2. The highest BCUT2D eigenvalue weighted by molar-refractivity contribution is 5.36. The molecule has 21 heavy (non-hydrogen) atoms. The Morgan fingerprint density at radius 1 is 1.48 bits per heavy atom. The highest BCUT2D eigenvalue weighted by Crippen LogP contribution is 2.26. The van der Waals surface area contributed by atoms with E-state index in [9.17, 15) is 5.11 Å². The van der Waals surface area contributed by atoms with E-state index in [4.69, 9.17) is 10.00 Å². The van der Waals surface area contributed by atoms with Crippen LogP contribution in [0, 0.1) is 11.3 Å². The van der Waals surface area contributed by atoms with Crippen molar-refractivity contribution in [1.29, 1.82) is 5.26 Å². The first-order valence-electron chi connectivity index (χ1n) is 7.70. The summed E-state index contributed by atoms with van der Waals surface area (Å²) in [7, 11) is 0. The topological polar surface area (TPSA) is 56.5 Å². The number of benzene rings is 1. The number of hydrogen-bond donors (Lipinski definition) is 1. The molecule has 0 aromatic heterocycles. The molecular weight excluding hydrogens is 264 g/mol. The second-order valence-electron chi connectivity index (χ2n) is 5.79. The molecule has 114 valence electrons. The van der Waals surface area contributed by atoms with Gasteiger partial charge in [-0.15, -0.1) is 0 Å². The van der Waals surface area contributed by atoms with Crippen molar-refractivity contribution in [3.8, 4) is 11.8 Å². The third-order valence-electron chi connectivity index (χ3n) is 4.25. The molecule has 1 heterocycles. The second-order valence-corrected chi connectivity index (χ2v) is 5.79. The lowest BCUT2D eigenvalue weighted by Gasteiger charge is -2.29. The Balaban J connectivity index is 1.84.